The molecule has 0 saturated heterocycles. The number of benzene rings is 2. The molecule has 0 saturated carbocycles. The van der Waals surface area contributed by atoms with Gasteiger partial charge in [-0.15, -0.1) is 11.3 Å². The summed E-state index contributed by atoms with van der Waals surface area (Å²) in [6.45, 7) is 2.83. The largest absolute Gasteiger partial charge is 0.375 e. The number of nitro groups is 1. The smallest absolute Gasteiger partial charge is 0.284 e. The van der Waals surface area contributed by atoms with Gasteiger partial charge in [0.2, 0.25) is 0 Å². The Morgan fingerprint density at radius 1 is 1.31 bits per heavy atom. The summed E-state index contributed by atoms with van der Waals surface area (Å²) in [5.41, 5.74) is 10.3. The molecule has 3 aromatic rings. The molecule has 0 aliphatic carbocycles. The van der Waals surface area contributed by atoms with Gasteiger partial charge in [-0.2, -0.15) is 0 Å². The number of fused-ring (bicyclic) bond motifs is 1. The van der Waals surface area contributed by atoms with Gasteiger partial charge in [0, 0.05) is 23.1 Å². The second-order valence-electron chi connectivity index (χ2n) is 5.97. The first-order chi connectivity index (χ1) is 12.5. The number of thiazole rings is 1. The third-order valence-corrected chi connectivity index (χ3v) is 6.23. The SMILES string of the molecule is Cc1sc(N)nc1-c1ccc2c(c1)CCN2Sc1ccccc1[N+](=O)[O-]. The molecular weight excluding hydrogens is 368 g/mol. The summed E-state index contributed by atoms with van der Waals surface area (Å²) in [5, 5.41) is 11.8. The van der Waals surface area contributed by atoms with Crippen LogP contribution in [0, 0.1) is 17.0 Å². The van der Waals surface area contributed by atoms with E-state index in [-0.39, 0.29) is 10.6 Å². The molecule has 0 unspecified atom stereocenters. The fourth-order valence-corrected chi connectivity index (χ4v) is 4.89. The minimum Gasteiger partial charge on any atom is -0.375 e. The van der Waals surface area contributed by atoms with Crippen molar-refractivity contribution in [1.82, 2.24) is 4.98 Å². The predicted octanol–water partition coefficient (Wildman–Crippen LogP) is 4.68. The molecule has 0 fully saturated rings. The van der Waals surface area contributed by atoms with E-state index in [1.54, 1.807) is 12.1 Å². The van der Waals surface area contributed by atoms with E-state index in [9.17, 15) is 10.1 Å². The van der Waals surface area contributed by atoms with Crippen LogP contribution in [0.3, 0.4) is 0 Å². The van der Waals surface area contributed by atoms with Crippen molar-refractivity contribution in [2.45, 2.75) is 18.2 Å². The molecule has 0 radical (unpaired) electrons. The number of hydrogen-bond acceptors (Lipinski definition) is 7. The molecule has 2 N–H and O–H groups in total. The van der Waals surface area contributed by atoms with Crippen LogP contribution in [0.4, 0.5) is 16.5 Å². The van der Waals surface area contributed by atoms with E-state index in [4.69, 9.17) is 5.73 Å². The molecule has 2 heterocycles. The number of nitrogens with two attached hydrogens (primary N) is 1. The van der Waals surface area contributed by atoms with Gasteiger partial charge in [-0.25, -0.2) is 4.98 Å². The van der Waals surface area contributed by atoms with Crippen molar-refractivity contribution in [3.05, 3.63) is 63.0 Å². The van der Waals surface area contributed by atoms with Crippen molar-refractivity contribution in [2.75, 3.05) is 16.6 Å². The summed E-state index contributed by atoms with van der Waals surface area (Å²) >= 11 is 2.91. The minimum atomic E-state index is -0.335. The molecule has 0 bridgehead atoms. The Labute approximate surface area is 159 Å². The first-order valence-electron chi connectivity index (χ1n) is 8.08. The molecule has 2 aromatic carbocycles. The van der Waals surface area contributed by atoms with E-state index >= 15 is 0 Å². The van der Waals surface area contributed by atoms with Crippen molar-refractivity contribution in [1.29, 1.82) is 0 Å². The average molecular weight is 384 g/mol. The molecule has 0 amide bonds. The summed E-state index contributed by atoms with van der Waals surface area (Å²) < 4.78 is 2.11. The topological polar surface area (TPSA) is 85.3 Å². The standard InChI is InChI=1S/C18H16N4O2S2/c1-11-17(20-18(19)25-11)13-6-7-14-12(10-13)8-9-21(14)26-16-5-3-2-4-15(16)22(23)24/h2-7,10H,8-9H2,1H3,(H2,19,20). The fourth-order valence-electron chi connectivity index (χ4n) is 3.10. The molecule has 8 heteroatoms. The van der Waals surface area contributed by atoms with Crippen molar-refractivity contribution < 1.29 is 4.92 Å². The van der Waals surface area contributed by atoms with E-state index in [1.165, 1.54) is 34.9 Å². The zero-order valence-electron chi connectivity index (χ0n) is 14.0. The van der Waals surface area contributed by atoms with Crippen molar-refractivity contribution in [2.24, 2.45) is 0 Å². The van der Waals surface area contributed by atoms with Crippen LogP contribution in [0.1, 0.15) is 10.4 Å². The molecule has 132 valence electrons. The van der Waals surface area contributed by atoms with Gasteiger partial charge in [-0.1, -0.05) is 18.2 Å². The zero-order valence-corrected chi connectivity index (χ0v) is 15.6. The highest BCUT2D eigenvalue weighted by Crippen LogP contribution is 2.41. The molecule has 4 rings (SSSR count). The van der Waals surface area contributed by atoms with Crippen LogP contribution < -0.4 is 10.0 Å². The lowest BCUT2D eigenvalue weighted by atomic mass is 10.1. The number of rotatable bonds is 4. The van der Waals surface area contributed by atoms with Gasteiger partial charge >= 0.3 is 0 Å². The monoisotopic (exact) mass is 384 g/mol. The van der Waals surface area contributed by atoms with Gasteiger partial charge in [0.1, 0.15) is 4.90 Å². The summed E-state index contributed by atoms with van der Waals surface area (Å²) in [7, 11) is 0. The van der Waals surface area contributed by atoms with Gasteiger partial charge in [0.15, 0.2) is 5.13 Å². The maximum atomic E-state index is 11.2. The number of aryl methyl sites for hydroxylation is 1. The van der Waals surface area contributed by atoms with Crippen molar-refractivity contribution in [3.8, 4) is 11.3 Å². The Bertz CT molecular complexity index is 1000. The Balaban J connectivity index is 1.63. The maximum absolute atomic E-state index is 11.2. The van der Waals surface area contributed by atoms with Crippen molar-refractivity contribution in [3.63, 3.8) is 0 Å². The third kappa shape index (κ3) is 3.02. The molecule has 1 aromatic heterocycles. The van der Waals surface area contributed by atoms with Crippen LogP contribution in [0.15, 0.2) is 47.4 Å². The quantitative estimate of drug-likeness (QED) is 0.399. The molecule has 1 aliphatic rings. The van der Waals surface area contributed by atoms with E-state index in [0.29, 0.717) is 10.0 Å². The lowest BCUT2D eigenvalue weighted by Crippen LogP contribution is -2.10. The number of nitrogens with zero attached hydrogens (tertiary/aromatic N) is 3. The Hall–Kier alpha value is -2.58. The Morgan fingerprint density at radius 2 is 2.12 bits per heavy atom. The van der Waals surface area contributed by atoms with E-state index < -0.39 is 0 Å². The minimum absolute atomic E-state index is 0.135. The highest BCUT2D eigenvalue weighted by molar-refractivity contribution is 8.00. The van der Waals surface area contributed by atoms with Crippen LogP contribution >= 0.6 is 23.3 Å². The molecule has 0 atom stereocenters. The first kappa shape index (κ1) is 16.9. The number of nitro benzene ring substituents is 1. The zero-order chi connectivity index (χ0) is 18.3. The first-order valence-corrected chi connectivity index (χ1v) is 9.67. The molecular formula is C18H16N4O2S2. The highest BCUT2D eigenvalue weighted by atomic mass is 32.2. The molecule has 6 nitrogen and oxygen atoms in total. The van der Waals surface area contributed by atoms with Crippen LogP contribution in [0.2, 0.25) is 0 Å². The fraction of sp³-hybridized carbons (Fsp3) is 0.167. The molecule has 1 aliphatic heterocycles. The highest BCUT2D eigenvalue weighted by Gasteiger charge is 2.24. The van der Waals surface area contributed by atoms with Gasteiger partial charge in [0.25, 0.3) is 5.69 Å². The van der Waals surface area contributed by atoms with Gasteiger partial charge in [0.05, 0.1) is 16.3 Å². The second kappa shape index (κ2) is 6.62. The lowest BCUT2D eigenvalue weighted by Gasteiger charge is -2.18. The van der Waals surface area contributed by atoms with Crippen LogP contribution in [-0.4, -0.2) is 16.5 Å². The normalized spacial score (nSPS) is 13.0. The summed E-state index contributed by atoms with van der Waals surface area (Å²) in [6, 6.07) is 13.1. The average Bonchev–Trinajstić information content (AvgIpc) is 3.17. The molecule has 0 spiro atoms. The van der Waals surface area contributed by atoms with Crippen LogP contribution in [0.5, 0.6) is 0 Å². The number of anilines is 2. The number of aromatic nitrogens is 1. The van der Waals surface area contributed by atoms with Gasteiger partial charge in [-0.3, -0.25) is 10.1 Å². The van der Waals surface area contributed by atoms with Gasteiger partial charge < -0.3 is 10.0 Å². The van der Waals surface area contributed by atoms with E-state index in [1.807, 2.05) is 19.1 Å². The summed E-state index contributed by atoms with van der Waals surface area (Å²) in [5.74, 6) is 0. The Morgan fingerprint density at radius 3 is 2.85 bits per heavy atom. The van der Waals surface area contributed by atoms with Gasteiger partial charge in [-0.05, 0) is 49.1 Å². The van der Waals surface area contributed by atoms with Crippen molar-refractivity contribution >= 4 is 39.8 Å². The lowest BCUT2D eigenvalue weighted by molar-refractivity contribution is -0.387. The second-order valence-corrected chi connectivity index (χ2v) is 8.27. The summed E-state index contributed by atoms with van der Waals surface area (Å²) in [6.07, 6.45) is 0.898. The van der Waals surface area contributed by atoms with Crippen LogP contribution in [-0.2, 0) is 6.42 Å². The third-order valence-electron chi connectivity index (χ3n) is 4.29. The van der Waals surface area contributed by atoms with E-state index in [0.717, 1.165) is 34.8 Å². The number of para-hydroxylation sites is 1. The van der Waals surface area contributed by atoms with Crippen LogP contribution in [0.25, 0.3) is 11.3 Å². The summed E-state index contributed by atoms with van der Waals surface area (Å²) in [4.78, 5) is 17.1. The predicted molar refractivity (Wildman–Crippen MR) is 107 cm³/mol. The Kier molecular flexibility index (Phi) is 4.29. The van der Waals surface area contributed by atoms with E-state index in [2.05, 4.69) is 21.4 Å². The number of nitrogen functional groups attached to an aromatic ring is 1. The maximum Gasteiger partial charge on any atom is 0.284 e. The number of hydrogen-bond donors (Lipinski definition) is 1. The molecule has 26 heavy (non-hydrogen) atoms.